The first-order valence-corrected chi connectivity index (χ1v) is 11.5. The molecule has 2 aromatic carbocycles. The second-order valence-corrected chi connectivity index (χ2v) is 9.56. The molecule has 0 unspecified atom stereocenters. The number of ether oxygens (including phenoxy) is 1. The lowest BCUT2D eigenvalue weighted by molar-refractivity contribution is 0.0730. The Labute approximate surface area is 171 Å². The molecule has 154 valence electrons. The first-order valence-electron chi connectivity index (χ1n) is 10.1. The number of nitrogens with zero attached hydrogens (tertiary/aromatic N) is 1. The number of benzene rings is 2. The molecule has 0 aromatic heterocycles. The van der Waals surface area contributed by atoms with Gasteiger partial charge in [-0.3, -0.25) is 4.79 Å². The molecular formula is C22H26N2O4S. The number of carbonyl (C=O) groups is 1. The standard InChI is InChI=1S/C22H26N2O4S/c1-16(19-6-5-17-3-2-4-20(17)15-19)23-22(25)18-7-9-21(10-8-18)29(26,27)24-11-13-28-14-12-24/h5-10,15-16H,2-4,11-14H2,1H3,(H,23,25)/t16-/m1/s1. The third-order valence-electron chi connectivity index (χ3n) is 5.69. The number of aryl methyl sites for hydroxylation is 2. The van der Waals surface area contributed by atoms with Crippen LogP contribution in [0.2, 0.25) is 0 Å². The summed E-state index contributed by atoms with van der Waals surface area (Å²) in [6.45, 7) is 3.47. The lowest BCUT2D eigenvalue weighted by Gasteiger charge is -2.26. The molecule has 1 aliphatic carbocycles. The normalized spacial score (nSPS) is 18.2. The maximum Gasteiger partial charge on any atom is 0.251 e. The minimum Gasteiger partial charge on any atom is -0.379 e. The first-order chi connectivity index (χ1) is 13.9. The van der Waals surface area contributed by atoms with Gasteiger partial charge in [-0.2, -0.15) is 4.31 Å². The van der Waals surface area contributed by atoms with Crippen molar-refractivity contribution >= 4 is 15.9 Å². The van der Waals surface area contributed by atoms with Crippen LogP contribution in [0, 0.1) is 0 Å². The van der Waals surface area contributed by atoms with Crippen molar-refractivity contribution < 1.29 is 17.9 Å². The van der Waals surface area contributed by atoms with Crippen molar-refractivity contribution in [1.29, 1.82) is 0 Å². The van der Waals surface area contributed by atoms with Crippen molar-refractivity contribution in [3.8, 4) is 0 Å². The van der Waals surface area contributed by atoms with E-state index in [0.717, 1.165) is 18.4 Å². The van der Waals surface area contributed by atoms with Gasteiger partial charge in [0.2, 0.25) is 10.0 Å². The number of hydrogen-bond acceptors (Lipinski definition) is 4. The molecule has 2 aliphatic rings. The summed E-state index contributed by atoms with van der Waals surface area (Å²) in [4.78, 5) is 12.8. The molecule has 1 N–H and O–H groups in total. The number of carbonyl (C=O) groups excluding carboxylic acids is 1. The molecule has 0 spiro atoms. The number of rotatable bonds is 5. The minimum absolute atomic E-state index is 0.120. The van der Waals surface area contributed by atoms with Gasteiger partial charge in [0.15, 0.2) is 0 Å². The van der Waals surface area contributed by atoms with Crippen LogP contribution in [0.1, 0.15) is 46.4 Å². The fraction of sp³-hybridized carbons (Fsp3) is 0.409. The molecule has 1 aliphatic heterocycles. The second-order valence-electron chi connectivity index (χ2n) is 7.62. The van der Waals surface area contributed by atoms with Gasteiger partial charge >= 0.3 is 0 Å². The van der Waals surface area contributed by atoms with Crippen LogP contribution < -0.4 is 5.32 Å². The van der Waals surface area contributed by atoms with Crippen molar-refractivity contribution in [3.05, 3.63) is 64.7 Å². The van der Waals surface area contributed by atoms with Crippen LogP contribution in [0.25, 0.3) is 0 Å². The summed E-state index contributed by atoms with van der Waals surface area (Å²) < 4.78 is 32.0. The summed E-state index contributed by atoms with van der Waals surface area (Å²) in [5.74, 6) is -0.215. The van der Waals surface area contributed by atoms with Gasteiger partial charge in [0.25, 0.3) is 5.91 Å². The summed E-state index contributed by atoms with van der Waals surface area (Å²) >= 11 is 0. The maximum atomic E-state index is 12.7. The monoisotopic (exact) mass is 414 g/mol. The highest BCUT2D eigenvalue weighted by Gasteiger charge is 2.26. The Hall–Kier alpha value is -2.22. The van der Waals surface area contributed by atoms with Crippen LogP contribution in [0.5, 0.6) is 0 Å². The Morgan fingerprint density at radius 3 is 2.45 bits per heavy atom. The largest absolute Gasteiger partial charge is 0.379 e. The van der Waals surface area contributed by atoms with E-state index in [9.17, 15) is 13.2 Å². The van der Waals surface area contributed by atoms with Crippen LogP contribution in [-0.2, 0) is 27.6 Å². The van der Waals surface area contributed by atoms with E-state index in [4.69, 9.17) is 4.74 Å². The Kier molecular flexibility index (Phi) is 5.72. The van der Waals surface area contributed by atoms with E-state index in [1.54, 1.807) is 12.1 Å². The number of nitrogens with one attached hydrogen (secondary N) is 1. The van der Waals surface area contributed by atoms with E-state index in [0.29, 0.717) is 31.9 Å². The molecule has 7 heteroatoms. The van der Waals surface area contributed by atoms with E-state index in [-0.39, 0.29) is 16.8 Å². The summed E-state index contributed by atoms with van der Waals surface area (Å²) in [6, 6.07) is 12.4. The molecule has 1 amide bonds. The number of amides is 1. The molecule has 0 bridgehead atoms. The van der Waals surface area contributed by atoms with Crippen molar-refractivity contribution in [1.82, 2.24) is 9.62 Å². The predicted molar refractivity (Wildman–Crippen MR) is 110 cm³/mol. The highest BCUT2D eigenvalue weighted by atomic mass is 32.2. The van der Waals surface area contributed by atoms with Crippen LogP contribution in [0.15, 0.2) is 47.4 Å². The van der Waals surface area contributed by atoms with E-state index in [1.807, 2.05) is 6.92 Å². The number of morpholine rings is 1. The van der Waals surface area contributed by atoms with Crippen molar-refractivity contribution in [3.63, 3.8) is 0 Å². The maximum absolute atomic E-state index is 12.7. The van der Waals surface area contributed by atoms with Crippen LogP contribution >= 0.6 is 0 Å². The molecule has 1 fully saturated rings. The quantitative estimate of drug-likeness (QED) is 0.816. The molecule has 2 aromatic rings. The number of hydrogen-bond donors (Lipinski definition) is 1. The average molecular weight is 415 g/mol. The molecule has 1 saturated heterocycles. The third kappa shape index (κ3) is 4.22. The zero-order valence-corrected chi connectivity index (χ0v) is 17.4. The highest BCUT2D eigenvalue weighted by Crippen LogP contribution is 2.25. The summed E-state index contributed by atoms with van der Waals surface area (Å²) in [5.41, 5.74) is 4.31. The Balaban J connectivity index is 1.44. The van der Waals surface area contributed by atoms with Crippen molar-refractivity contribution in [2.45, 2.75) is 37.1 Å². The molecule has 4 rings (SSSR count). The third-order valence-corrected chi connectivity index (χ3v) is 7.61. The summed E-state index contributed by atoms with van der Waals surface area (Å²) in [6.07, 6.45) is 3.43. The lowest BCUT2D eigenvalue weighted by atomic mass is 10.0. The second kappa shape index (κ2) is 8.26. The molecule has 1 heterocycles. The average Bonchev–Trinajstić information content (AvgIpc) is 3.22. The highest BCUT2D eigenvalue weighted by molar-refractivity contribution is 7.89. The zero-order valence-electron chi connectivity index (χ0n) is 16.6. The van der Waals surface area contributed by atoms with Crippen LogP contribution in [0.4, 0.5) is 0 Å². The van der Waals surface area contributed by atoms with E-state index in [1.165, 1.54) is 34.0 Å². The molecule has 0 radical (unpaired) electrons. The van der Waals surface area contributed by atoms with E-state index in [2.05, 4.69) is 23.5 Å². The summed E-state index contributed by atoms with van der Waals surface area (Å²) in [5, 5.41) is 3.01. The number of sulfonamides is 1. The predicted octanol–water partition coefficient (Wildman–Crippen LogP) is 2.69. The fourth-order valence-electron chi connectivity index (χ4n) is 3.94. The smallest absolute Gasteiger partial charge is 0.251 e. The Morgan fingerprint density at radius 2 is 1.72 bits per heavy atom. The van der Waals surface area contributed by atoms with E-state index < -0.39 is 10.0 Å². The molecule has 0 saturated carbocycles. The Bertz CT molecular complexity index is 996. The number of fused-ring (bicyclic) bond motifs is 1. The lowest BCUT2D eigenvalue weighted by Crippen LogP contribution is -2.40. The van der Waals surface area contributed by atoms with Gasteiger partial charge in [0.1, 0.15) is 0 Å². The molecule has 1 atom stereocenters. The van der Waals surface area contributed by atoms with Gasteiger partial charge in [-0.05, 0) is 67.1 Å². The fourth-order valence-corrected chi connectivity index (χ4v) is 5.35. The minimum atomic E-state index is -3.55. The SMILES string of the molecule is C[C@@H](NC(=O)c1ccc(S(=O)(=O)N2CCOCC2)cc1)c1ccc2c(c1)CCC2. The van der Waals surface area contributed by atoms with Gasteiger partial charge in [-0.1, -0.05) is 18.2 Å². The van der Waals surface area contributed by atoms with Gasteiger partial charge in [0, 0.05) is 18.7 Å². The Morgan fingerprint density at radius 1 is 1.03 bits per heavy atom. The molecule has 6 nitrogen and oxygen atoms in total. The van der Waals surface area contributed by atoms with Crippen molar-refractivity contribution in [2.24, 2.45) is 0 Å². The van der Waals surface area contributed by atoms with Gasteiger partial charge in [-0.15, -0.1) is 0 Å². The summed E-state index contributed by atoms with van der Waals surface area (Å²) in [7, 11) is -3.55. The van der Waals surface area contributed by atoms with Gasteiger partial charge < -0.3 is 10.1 Å². The van der Waals surface area contributed by atoms with Crippen LogP contribution in [0.3, 0.4) is 0 Å². The zero-order chi connectivity index (χ0) is 20.4. The first kappa shape index (κ1) is 20.1. The van der Waals surface area contributed by atoms with Crippen molar-refractivity contribution in [2.75, 3.05) is 26.3 Å². The topological polar surface area (TPSA) is 75.7 Å². The van der Waals surface area contributed by atoms with Gasteiger partial charge in [0.05, 0.1) is 24.2 Å². The van der Waals surface area contributed by atoms with Crippen LogP contribution in [-0.4, -0.2) is 44.9 Å². The molecular weight excluding hydrogens is 388 g/mol. The molecule has 29 heavy (non-hydrogen) atoms. The van der Waals surface area contributed by atoms with E-state index >= 15 is 0 Å². The van der Waals surface area contributed by atoms with Gasteiger partial charge in [-0.25, -0.2) is 8.42 Å².